The fourth-order valence-corrected chi connectivity index (χ4v) is 6.45. The number of piperidine rings is 1. The minimum Gasteiger partial charge on any atom is -0.488 e. The first-order valence-electron chi connectivity index (χ1n) is 11.3. The predicted octanol–water partition coefficient (Wildman–Crippen LogP) is 2.79. The van der Waals surface area contributed by atoms with E-state index in [4.69, 9.17) is 9.47 Å². The Morgan fingerprint density at radius 3 is 2.32 bits per heavy atom. The fraction of sp³-hybridized carbons (Fsp3) is 0.458. The number of halogens is 1. The molecule has 2 aromatic carbocycles. The number of sulfone groups is 1. The lowest BCUT2D eigenvalue weighted by Crippen LogP contribution is -2.58. The van der Waals surface area contributed by atoms with Crippen molar-refractivity contribution in [2.24, 2.45) is 0 Å². The Kier molecular flexibility index (Phi) is 7.22. The minimum atomic E-state index is -4.10. The van der Waals surface area contributed by atoms with Gasteiger partial charge in [0, 0.05) is 26.2 Å². The highest BCUT2D eigenvalue weighted by atomic mass is 32.2. The Balaban J connectivity index is 1.56. The van der Waals surface area contributed by atoms with Crippen LogP contribution in [0.1, 0.15) is 25.7 Å². The van der Waals surface area contributed by atoms with Crippen LogP contribution in [0, 0.1) is 5.82 Å². The number of ether oxygens (including phenoxy) is 2. The highest BCUT2D eigenvalue weighted by Gasteiger charge is 2.53. The zero-order chi connectivity index (χ0) is 24.3. The number of carbonyl (C=O) groups is 1. The molecule has 1 amide bonds. The van der Waals surface area contributed by atoms with Crippen LogP contribution in [-0.2, 0) is 19.4 Å². The van der Waals surface area contributed by atoms with Gasteiger partial charge in [-0.1, -0.05) is 18.2 Å². The molecule has 4 rings (SSSR count). The van der Waals surface area contributed by atoms with Crippen molar-refractivity contribution in [1.82, 2.24) is 10.4 Å². The highest BCUT2D eigenvalue weighted by Crippen LogP contribution is 2.39. The van der Waals surface area contributed by atoms with Crippen LogP contribution >= 0.6 is 0 Å². The Morgan fingerprint density at radius 1 is 1.12 bits per heavy atom. The quantitative estimate of drug-likeness (QED) is 0.315. The topological polar surface area (TPSA) is 105 Å². The molecule has 2 aliphatic rings. The van der Waals surface area contributed by atoms with Crippen molar-refractivity contribution < 1.29 is 32.3 Å². The highest BCUT2D eigenvalue weighted by molar-refractivity contribution is 7.93. The van der Waals surface area contributed by atoms with Crippen LogP contribution in [0.5, 0.6) is 5.75 Å². The summed E-state index contributed by atoms with van der Waals surface area (Å²) in [6.07, 6.45) is 2.40. The van der Waals surface area contributed by atoms with Gasteiger partial charge in [0.25, 0.3) is 5.91 Å². The summed E-state index contributed by atoms with van der Waals surface area (Å²) >= 11 is 0. The third-order valence-electron chi connectivity index (χ3n) is 6.67. The Labute approximate surface area is 198 Å². The normalized spacial score (nSPS) is 18.4. The van der Waals surface area contributed by atoms with Crippen molar-refractivity contribution in [1.29, 1.82) is 0 Å². The van der Waals surface area contributed by atoms with Gasteiger partial charge < -0.3 is 14.4 Å². The summed E-state index contributed by atoms with van der Waals surface area (Å²) in [4.78, 5) is 14.8. The zero-order valence-electron chi connectivity index (χ0n) is 19.0. The minimum absolute atomic E-state index is 0.0142. The van der Waals surface area contributed by atoms with E-state index in [-0.39, 0.29) is 30.1 Å². The molecule has 184 valence electrons. The molecule has 2 fully saturated rings. The number of nitrogens with zero attached hydrogens (tertiary/aromatic N) is 1. The van der Waals surface area contributed by atoms with Crippen LogP contribution in [0.2, 0.25) is 0 Å². The molecule has 1 saturated heterocycles. The average molecular weight is 493 g/mol. The number of carbonyl (C=O) groups excluding carboxylic acids is 1. The van der Waals surface area contributed by atoms with Gasteiger partial charge in [-0.3, -0.25) is 10.0 Å². The first kappa shape index (κ1) is 24.6. The van der Waals surface area contributed by atoms with E-state index in [9.17, 15) is 22.8 Å². The summed E-state index contributed by atoms with van der Waals surface area (Å²) in [7, 11) is -2.57. The first-order chi connectivity index (χ1) is 16.3. The van der Waals surface area contributed by atoms with Crippen molar-refractivity contribution in [2.75, 3.05) is 33.4 Å². The van der Waals surface area contributed by atoms with Gasteiger partial charge in [0.1, 0.15) is 6.61 Å². The van der Waals surface area contributed by atoms with Crippen LogP contribution in [0.4, 0.5) is 4.39 Å². The standard InChI is InChI=1S/C24H29FN2O6S/c1-32-14-15-33-22-9-4-18(16-21(22)25)17-2-7-20(8-3-17)34(30,31)24(23(28)26-29)10-12-27(13-11-24)19-5-6-19/h2-4,7-9,16,19,29H,5-6,10-15H2,1H3,(H,26,28). The van der Waals surface area contributed by atoms with E-state index >= 15 is 0 Å². The number of nitrogens with one attached hydrogen (secondary N) is 1. The van der Waals surface area contributed by atoms with E-state index in [2.05, 4.69) is 4.90 Å². The number of methoxy groups -OCH3 is 1. The van der Waals surface area contributed by atoms with Crippen molar-refractivity contribution in [3.8, 4) is 16.9 Å². The maximum Gasteiger partial charge on any atom is 0.265 e. The molecular formula is C24H29FN2O6S. The third kappa shape index (κ3) is 4.68. The number of likely N-dealkylation sites (tertiary alicyclic amines) is 1. The van der Waals surface area contributed by atoms with E-state index in [1.54, 1.807) is 23.7 Å². The number of hydrogen-bond donors (Lipinski definition) is 2. The number of hydroxylamine groups is 1. The Hall–Kier alpha value is -2.53. The van der Waals surface area contributed by atoms with Crippen molar-refractivity contribution in [3.63, 3.8) is 0 Å². The summed E-state index contributed by atoms with van der Waals surface area (Å²) in [6, 6.07) is 11.0. The summed E-state index contributed by atoms with van der Waals surface area (Å²) in [5, 5.41) is 9.33. The first-order valence-corrected chi connectivity index (χ1v) is 12.8. The maximum absolute atomic E-state index is 14.4. The van der Waals surface area contributed by atoms with Crippen LogP contribution in [0.3, 0.4) is 0 Å². The lowest BCUT2D eigenvalue weighted by molar-refractivity contribution is -0.133. The lowest BCUT2D eigenvalue weighted by atomic mass is 9.94. The Morgan fingerprint density at radius 2 is 1.76 bits per heavy atom. The molecule has 1 saturated carbocycles. The second kappa shape index (κ2) is 9.99. The maximum atomic E-state index is 14.4. The molecule has 2 N–H and O–H groups in total. The molecule has 34 heavy (non-hydrogen) atoms. The lowest BCUT2D eigenvalue weighted by Gasteiger charge is -2.39. The zero-order valence-corrected chi connectivity index (χ0v) is 19.8. The smallest absolute Gasteiger partial charge is 0.265 e. The van der Waals surface area contributed by atoms with Gasteiger partial charge in [-0.25, -0.2) is 18.3 Å². The molecule has 0 spiro atoms. The predicted molar refractivity (Wildman–Crippen MR) is 123 cm³/mol. The molecule has 8 nitrogen and oxygen atoms in total. The van der Waals surface area contributed by atoms with Crippen molar-refractivity contribution in [2.45, 2.75) is 41.4 Å². The second-order valence-corrected chi connectivity index (χ2v) is 11.0. The summed E-state index contributed by atoms with van der Waals surface area (Å²) in [5.74, 6) is -1.33. The molecular weight excluding hydrogens is 463 g/mol. The van der Waals surface area contributed by atoms with Crippen LogP contribution < -0.4 is 10.2 Å². The Bertz CT molecular complexity index is 1130. The van der Waals surface area contributed by atoms with E-state index < -0.39 is 26.3 Å². The van der Waals surface area contributed by atoms with Gasteiger partial charge in [0.05, 0.1) is 11.5 Å². The van der Waals surface area contributed by atoms with Gasteiger partial charge in [0.2, 0.25) is 0 Å². The van der Waals surface area contributed by atoms with Crippen molar-refractivity contribution in [3.05, 3.63) is 48.3 Å². The molecule has 0 atom stereocenters. The SMILES string of the molecule is COCCOc1ccc(-c2ccc(S(=O)(=O)C3(C(=O)NO)CCN(C4CC4)CC3)cc2)cc1F. The summed E-state index contributed by atoms with van der Waals surface area (Å²) in [5.41, 5.74) is 2.75. The van der Waals surface area contributed by atoms with Gasteiger partial charge in [0.15, 0.2) is 26.2 Å². The number of hydrogen-bond acceptors (Lipinski definition) is 7. The molecule has 0 radical (unpaired) electrons. The molecule has 0 unspecified atom stereocenters. The molecule has 0 bridgehead atoms. The summed E-state index contributed by atoms with van der Waals surface area (Å²) in [6.45, 7) is 1.52. The monoisotopic (exact) mass is 492 g/mol. The third-order valence-corrected chi connectivity index (χ3v) is 9.19. The molecule has 1 aliphatic heterocycles. The average Bonchev–Trinajstić information content (AvgIpc) is 3.70. The molecule has 1 heterocycles. The largest absolute Gasteiger partial charge is 0.488 e. The van der Waals surface area contributed by atoms with E-state index in [1.807, 2.05) is 0 Å². The van der Waals surface area contributed by atoms with Crippen LogP contribution in [0.15, 0.2) is 47.4 Å². The van der Waals surface area contributed by atoms with Crippen LogP contribution in [0.25, 0.3) is 11.1 Å². The second-order valence-electron chi connectivity index (χ2n) is 8.72. The van der Waals surface area contributed by atoms with Gasteiger partial charge >= 0.3 is 0 Å². The van der Waals surface area contributed by atoms with Crippen LogP contribution in [-0.4, -0.2) is 68.6 Å². The number of rotatable bonds is 9. The molecule has 10 heteroatoms. The van der Waals surface area contributed by atoms with Gasteiger partial charge in [-0.2, -0.15) is 0 Å². The number of amides is 1. The fourth-order valence-electron chi connectivity index (χ4n) is 4.49. The van der Waals surface area contributed by atoms with E-state index in [0.717, 1.165) is 12.8 Å². The van der Waals surface area contributed by atoms with Gasteiger partial charge in [-0.15, -0.1) is 0 Å². The van der Waals surface area contributed by atoms with Crippen molar-refractivity contribution >= 4 is 15.7 Å². The summed E-state index contributed by atoms with van der Waals surface area (Å²) < 4.78 is 50.1. The van der Waals surface area contributed by atoms with Gasteiger partial charge in [-0.05, 0) is 61.1 Å². The molecule has 1 aliphatic carbocycles. The molecule has 2 aromatic rings. The molecule has 0 aromatic heterocycles. The number of benzene rings is 2. The van der Waals surface area contributed by atoms with E-state index in [1.165, 1.54) is 31.4 Å². The van der Waals surface area contributed by atoms with E-state index in [0.29, 0.717) is 36.9 Å².